The van der Waals surface area contributed by atoms with Crippen molar-refractivity contribution in [1.82, 2.24) is 24.8 Å². The molecule has 2 aliphatic heterocycles. The van der Waals surface area contributed by atoms with Gasteiger partial charge in [-0.25, -0.2) is 13.8 Å². The molecule has 2 saturated heterocycles. The molecular formula is C33H32ClF2N9O2S. The first-order valence-electron chi connectivity index (χ1n) is 15.5. The third kappa shape index (κ3) is 5.40. The molecule has 0 saturated carbocycles. The van der Waals surface area contributed by atoms with E-state index in [0.29, 0.717) is 36.2 Å². The normalized spacial score (nSPS) is 20.1. The number of nitriles is 1. The minimum atomic E-state index is -0.782. The Kier molecular flexibility index (Phi) is 8.41. The summed E-state index contributed by atoms with van der Waals surface area (Å²) in [6.07, 6.45) is 5.07. The molecule has 5 aromatic rings. The quantitative estimate of drug-likeness (QED) is 0.204. The third-order valence-electron chi connectivity index (χ3n) is 9.33. The fourth-order valence-electron chi connectivity index (χ4n) is 6.76. The molecule has 2 aliphatic rings. The Morgan fingerprint density at radius 1 is 1.23 bits per heavy atom. The van der Waals surface area contributed by atoms with Crippen LogP contribution in [0.4, 0.5) is 25.4 Å². The summed E-state index contributed by atoms with van der Waals surface area (Å²) < 4.78 is 44.1. The van der Waals surface area contributed by atoms with E-state index in [9.17, 15) is 9.65 Å². The van der Waals surface area contributed by atoms with Crippen LogP contribution < -0.4 is 21.1 Å². The van der Waals surface area contributed by atoms with Crippen LogP contribution in [0.25, 0.3) is 32.1 Å². The molecule has 0 amide bonds. The van der Waals surface area contributed by atoms with Crippen LogP contribution in [0.3, 0.4) is 0 Å². The lowest BCUT2D eigenvalue weighted by atomic mass is 9.97. The van der Waals surface area contributed by atoms with E-state index >= 15 is 4.39 Å². The summed E-state index contributed by atoms with van der Waals surface area (Å²) in [5, 5.41) is 10.5. The molecule has 2 fully saturated rings. The zero-order chi connectivity index (χ0) is 33.9. The molecule has 48 heavy (non-hydrogen) atoms. The summed E-state index contributed by atoms with van der Waals surface area (Å²) in [6.45, 7) is 5.69. The molecule has 0 bridgehead atoms. The van der Waals surface area contributed by atoms with E-state index in [1.165, 1.54) is 18.3 Å². The summed E-state index contributed by atoms with van der Waals surface area (Å²) in [7, 11) is 1.78. The summed E-state index contributed by atoms with van der Waals surface area (Å²) >= 11 is 7.76. The Bertz CT molecular complexity index is 2110. The number of nitrogen functional groups attached to an aromatic ring is 2. The van der Waals surface area contributed by atoms with E-state index in [1.807, 2.05) is 13.0 Å². The van der Waals surface area contributed by atoms with Crippen LogP contribution in [-0.2, 0) is 4.74 Å². The van der Waals surface area contributed by atoms with Crippen molar-refractivity contribution in [3.8, 4) is 23.2 Å². The average Bonchev–Trinajstić information content (AvgIpc) is 3.64. The van der Waals surface area contributed by atoms with Gasteiger partial charge in [0.15, 0.2) is 5.82 Å². The van der Waals surface area contributed by atoms with Crippen LogP contribution in [0, 0.1) is 23.0 Å². The van der Waals surface area contributed by atoms with Gasteiger partial charge in [0.05, 0.1) is 34.0 Å². The molecule has 0 radical (unpaired) electrons. The minimum Gasteiger partial charge on any atom is -0.462 e. The van der Waals surface area contributed by atoms with Gasteiger partial charge in [-0.1, -0.05) is 17.7 Å². The second-order valence-electron chi connectivity index (χ2n) is 12.2. The number of benzene rings is 2. The van der Waals surface area contributed by atoms with E-state index in [-0.39, 0.29) is 66.3 Å². The van der Waals surface area contributed by atoms with Crippen molar-refractivity contribution < 1.29 is 18.3 Å². The predicted molar refractivity (Wildman–Crippen MR) is 182 cm³/mol. The number of anilines is 3. The van der Waals surface area contributed by atoms with Crippen molar-refractivity contribution in [3.63, 3.8) is 0 Å². The van der Waals surface area contributed by atoms with Gasteiger partial charge in [-0.05, 0) is 44.4 Å². The van der Waals surface area contributed by atoms with Gasteiger partial charge in [0.1, 0.15) is 46.3 Å². The first-order chi connectivity index (χ1) is 23.1. The molecule has 2 aromatic carbocycles. The lowest BCUT2D eigenvalue weighted by Gasteiger charge is -2.37. The number of nitrogens with zero attached hydrogens (tertiary/aromatic N) is 7. The highest BCUT2D eigenvalue weighted by molar-refractivity contribution is 7.23. The number of thiophene rings is 1. The summed E-state index contributed by atoms with van der Waals surface area (Å²) in [5.41, 5.74) is 12.9. The van der Waals surface area contributed by atoms with Gasteiger partial charge < -0.3 is 25.8 Å². The third-order valence-corrected chi connectivity index (χ3v) is 10.7. The first kappa shape index (κ1) is 32.1. The largest absolute Gasteiger partial charge is 0.462 e. The highest BCUT2D eigenvalue weighted by Crippen LogP contribution is 2.46. The maximum absolute atomic E-state index is 17.0. The van der Waals surface area contributed by atoms with Crippen molar-refractivity contribution >= 4 is 60.6 Å². The molecule has 5 heterocycles. The maximum atomic E-state index is 17.0. The molecule has 11 nitrogen and oxygen atoms in total. The lowest BCUT2D eigenvalue weighted by molar-refractivity contribution is -0.0556. The maximum Gasteiger partial charge on any atom is 0.319 e. The van der Waals surface area contributed by atoms with Crippen LogP contribution in [-0.4, -0.2) is 69.8 Å². The topological polar surface area (TPSA) is 152 Å². The van der Waals surface area contributed by atoms with Crippen LogP contribution in [0.2, 0.25) is 5.02 Å². The Hall–Kier alpha value is -4.42. The van der Waals surface area contributed by atoms with E-state index in [1.54, 1.807) is 24.2 Å². The molecule has 248 valence electrons. The smallest absolute Gasteiger partial charge is 0.319 e. The molecule has 4 atom stereocenters. The van der Waals surface area contributed by atoms with Crippen LogP contribution in [0.5, 0.6) is 6.01 Å². The summed E-state index contributed by atoms with van der Waals surface area (Å²) in [4.78, 5) is 22.1. The van der Waals surface area contributed by atoms with Crippen molar-refractivity contribution in [2.75, 3.05) is 43.2 Å². The zero-order valence-corrected chi connectivity index (χ0v) is 27.9. The molecule has 15 heteroatoms. The van der Waals surface area contributed by atoms with E-state index < -0.39 is 17.7 Å². The fraction of sp³-hybridized carbons (Fsp3) is 0.364. The van der Waals surface area contributed by atoms with Crippen molar-refractivity contribution in [1.29, 1.82) is 5.26 Å². The number of morpholine rings is 1. The zero-order valence-electron chi connectivity index (χ0n) is 26.4. The van der Waals surface area contributed by atoms with E-state index in [4.69, 9.17) is 37.5 Å². The van der Waals surface area contributed by atoms with Gasteiger partial charge >= 0.3 is 6.01 Å². The highest BCUT2D eigenvalue weighted by atomic mass is 35.5. The number of hydrogen-bond donors (Lipinski definition) is 2. The number of nitrogens with two attached hydrogens (primary N) is 2. The first-order valence-corrected chi connectivity index (χ1v) is 16.7. The monoisotopic (exact) mass is 691 g/mol. The number of ether oxygens (including phenoxy) is 2. The van der Waals surface area contributed by atoms with Gasteiger partial charge in [-0.2, -0.15) is 15.2 Å². The number of fused-ring (bicyclic) bond motifs is 3. The molecule has 7 rings (SSSR count). The summed E-state index contributed by atoms with van der Waals surface area (Å²) in [6, 6.07) is 6.16. The van der Waals surface area contributed by atoms with Crippen molar-refractivity contribution in [3.05, 3.63) is 58.5 Å². The van der Waals surface area contributed by atoms with Gasteiger partial charge in [0.25, 0.3) is 0 Å². The molecule has 3 aromatic heterocycles. The molecule has 4 N–H and O–H groups in total. The SMILES string of the molecule is C[C@H](c1nccnc1N)N(C)c1nc(OC[C@H]2CC[C@@H]3CO[C@@H](C)CN23)nc2c(F)c(-c3ccc(F)c4sc(N)c(C#N)c34)c(Cl)cc12. The van der Waals surface area contributed by atoms with Crippen molar-refractivity contribution in [2.45, 2.75) is 50.9 Å². The Labute approximate surface area is 284 Å². The number of halogens is 3. The van der Waals surface area contributed by atoms with Crippen LogP contribution in [0.1, 0.15) is 44.0 Å². The lowest BCUT2D eigenvalue weighted by Crippen LogP contribution is -2.49. The summed E-state index contributed by atoms with van der Waals surface area (Å²) in [5.74, 6) is -0.786. The van der Waals surface area contributed by atoms with Crippen LogP contribution in [0.15, 0.2) is 30.6 Å². The Balaban J connectivity index is 1.37. The van der Waals surface area contributed by atoms with Crippen LogP contribution >= 0.6 is 22.9 Å². The number of aromatic nitrogens is 4. The highest BCUT2D eigenvalue weighted by Gasteiger charge is 2.38. The molecule has 0 unspecified atom stereocenters. The van der Waals surface area contributed by atoms with E-state index in [0.717, 1.165) is 30.7 Å². The Morgan fingerprint density at radius 3 is 2.79 bits per heavy atom. The minimum absolute atomic E-state index is 0.0126. The van der Waals surface area contributed by atoms with Gasteiger partial charge in [0.2, 0.25) is 0 Å². The van der Waals surface area contributed by atoms with Crippen molar-refractivity contribution in [2.24, 2.45) is 0 Å². The Morgan fingerprint density at radius 2 is 2.02 bits per heavy atom. The predicted octanol–water partition coefficient (Wildman–Crippen LogP) is 6.10. The molecule has 0 spiro atoms. The number of hydrogen-bond acceptors (Lipinski definition) is 12. The molecular weight excluding hydrogens is 660 g/mol. The second-order valence-corrected chi connectivity index (χ2v) is 13.6. The van der Waals surface area contributed by atoms with Gasteiger partial charge in [-0.3, -0.25) is 9.88 Å². The van der Waals surface area contributed by atoms with Gasteiger partial charge in [0, 0.05) is 54.4 Å². The van der Waals surface area contributed by atoms with E-state index in [2.05, 4.69) is 26.8 Å². The molecule has 0 aliphatic carbocycles. The number of rotatable bonds is 7. The average molecular weight is 692 g/mol. The second kappa shape index (κ2) is 12.6. The van der Waals surface area contributed by atoms with Gasteiger partial charge in [-0.15, -0.1) is 11.3 Å². The standard InChI is InChI=1S/C33H32ClF2N9O2S/c1-15-12-45-17(13-46-15)4-5-18(45)14-47-33-42-28-20(32(43-33)44(3)16(2)27-30(38)41-9-8-40-27)10-22(34)25(26(28)36)19-6-7-23(35)29-24(19)21(11-37)31(39)48-29/h6-10,15-18H,4-5,12-14,39H2,1-3H3,(H2,38,41)/t15-,16+,17+,18+/m0/s1. The fourth-order valence-corrected chi connectivity index (χ4v) is 8.01.